The molecule has 1 atom stereocenters. The van der Waals surface area contributed by atoms with E-state index in [1.54, 1.807) is 13.8 Å². The lowest BCUT2D eigenvalue weighted by Crippen LogP contribution is -2.42. The average Bonchev–Trinajstić information content (AvgIpc) is 2.86. The Morgan fingerprint density at radius 3 is 2.68 bits per heavy atom. The van der Waals surface area contributed by atoms with Gasteiger partial charge in [0.05, 0.1) is 18.8 Å². The normalized spacial score (nSPS) is 18.5. The second-order valence-corrected chi connectivity index (χ2v) is 6.28. The van der Waals surface area contributed by atoms with Crippen LogP contribution in [0.2, 0.25) is 0 Å². The molecule has 0 saturated carbocycles. The van der Waals surface area contributed by atoms with Crippen LogP contribution in [0.4, 0.5) is 0 Å². The third kappa shape index (κ3) is 2.94. The molecule has 0 spiro atoms. The van der Waals surface area contributed by atoms with E-state index in [2.05, 4.69) is 21.1 Å². The largest absolute Gasteiger partial charge is 0.370 e. The number of hydrogen-bond acceptors (Lipinski definition) is 4. The van der Waals surface area contributed by atoms with Crippen molar-refractivity contribution in [2.45, 2.75) is 20.0 Å². The van der Waals surface area contributed by atoms with E-state index in [1.807, 2.05) is 29.2 Å². The predicted octanol–water partition coefficient (Wildman–Crippen LogP) is 3.27. The molecule has 0 bridgehead atoms. The van der Waals surface area contributed by atoms with Crippen molar-refractivity contribution in [1.82, 2.24) is 10.1 Å². The lowest BCUT2D eigenvalue weighted by molar-refractivity contribution is -0.0229. The second-order valence-electron chi connectivity index (χ2n) is 5.36. The van der Waals surface area contributed by atoms with E-state index in [0.717, 1.165) is 10.0 Å². The molecule has 1 amide bonds. The molecule has 0 aliphatic carbocycles. The van der Waals surface area contributed by atoms with Gasteiger partial charge in [-0.2, -0.15) is 0 Å². The number of rotatable bonds is 2. The van der Waals surface area contributed by atoms with Gasteiger partial charge in [-0.1, -0.05) is 33.2 Å². The van der Waals surface area contributed by atoms with Gasteiger partial charge in [0.1, 0.15) is 17.4 Å². The summed E-state index contributed by atoms with van der Waals surface area (Å²) in [4.78, 5) is 14.5. The zero-order valence-corrected chi connectivity index (χ0v) is 14.1. The maximum absolute atomic E-state index is 12.7. The Bertz CT molecular complexity index is 662. The molecule has 5 nitrogen and oxygen atoms in total. The summed E-state index contributed by atoms with van der Waals surface area (Å²) in [6.45, 7) is 5.19. The minimum Gasteiger partial charge on any atom is -0.370 e. The molecule has 6 heteroatoms. The van der Waals surface area contributed by atoms with Crippen LogP contribution in [0.25, 0.3) is 0 Å². The van der Waals surface area contributed by atoms with Crippen molar-refractivity contribution < 1.29 is 14.1 Å². The quantitative estimate of drug-likeness (QED) is 0.820. The highest BCUT2D eigenvalue weighted by Crippen LogP contribution is 2.25. The standard InChI is InChI=1S/C16H17BrN2O3/c1-10-15(11(2)22-18-10)16(20)19-7-8-21-14(9-19)12-3-5-13(17)6-4-12/h3-6,14H,7-9H2,1-2H3. The van der Waals surface area contributed by atoms with Crippen LogP contribution in [-0.2, 0) is 4.74 Å². The Morgan fingerprint density at radius 2 is 2.05 bits per heavy atom. The number of carbonyl (C=O) groups excluding carboxylic acids is 1. The van der Waals surface area contributed by atoms with Crippen LogP contribution in [0.1, 0.15) is 33.5 Å². The Morgan fingerprint density at radius 1 is 1.32 bits per heavy atom. The lowest BCUT2D eigenvalue weighted by Gasteiger charge is -2.33. The average molecular weight is 365 g/mol. The fourth-order valence-electron chi connectivity index (χ4n) is 2.66. The van der Waals surface area contributed by atoms with Crippen molar-refractivity contribution in [1.29, 1.82) is 0 Å². The molecule has 1 aliphatic rings. The number of benzene rings is 1. The highest BCUT2D eigenvalue weighted by atomic mass is 79.9. The fourth-order valence-corrected chi connectivity index (χ4v) is 2.92. The maximum Gasteiger partial charge on any atom is 0.259 e. The number of ether oxygens (including phenoxy) is 1. The fraction of sp³-hybridized carbons (Fsp3) is 0.375. The van der Waals surface area contributed by atoms with Crippen LogP contribution in [0.3, 0.4) is 0 Å². The topological polar surface area (TPSA) is 55.6 Å². The molecule has 1 aliphatic heterocycles. The van der Waals surface area contributed by atoms with Gasteiger partial charge in [0, 0.05) is 11.0 Å². The molecule has 1 fully saturated rings. The molecule has 0 radical (unpaired) electrons. The number of aromatic nitrogens is 1. The number of carbonyl (C=O) groups is 1. The van der Waals surface area contributed by atoms with Crippen molar-refractivity contribution in [3.63, 3.8) is 0 Å². The van der Waals surface area contributed by atoms with E-state index in [4.69, 9.17) is 9.26 Å². The first-order valence-corrected chi connectivity index (χ1v) is 7.95. The van der Waals surface area contributed by atoms with Crippen LogP contribution >= 0.6 is 15.9 Å². The molecule has 1 aromatic carbocycles. The number of hydrogen-bond donors (Lipinski definition) is 0. The van der Waals surface area contributed by atoms with Gasteiger partial charge in [0.2, 0.25) is 0 Å². The van der Waals surface area contributed by atoms with Crippen LogP contribution in [0, 0.1) is 13.8 Å². The summed E-state index contributed by atoms with van der Waals surface area (Å²) in [6, 6.07) is 7.98. The molecule has 22 heavy (non-hydrogen) atoms. The maximum atomic E-state index is 12.7. The monoisotopic (exact) mass is 364 g/mol. The molecule has 116 valence electrons. The first-order valence-electron chi connectivity index (χ1n) is 7.15. The van der Waals surface area contributed by atoms with E-state index in [0.29, 0.717) is 36.7 Å². The molecular weight excluding hydrogens is 348 g/mol. The first kappa shape index (κ1) is 15.2. The van der Waals surface area contributed by atoms with Gasteiger partial charge >= 0.3 is 0 Å². The zero-order chi connectivity index (χ0) is 15.7. The smallest absolute Gasteiger partial charge is 0.259 e. The second kappa shape index (κ2) is 6.22. The number of halogens is 1. The van der Waals surface area contributed by atoms with Gasteiger partial charge in [-0.05, 0) is 31.5 Å². The minimum atomic E-state index is -0.105. The summed E-state index contributed by atoms with van der Waals surface area (Å²) in [5.74, 6) is 0.524. The summed E-state index contributed by atoms with van der Waals surface area (Å²) in [6.07, 6.45) is -0.105. The summed E-state index contributed by atoms with van der Waals surface area (Å²) in [5.41, 5.74) is 2.27. The highest BCUT2D eigenvalue weighted by molar-refractivity contribution is 9.10. The van der Waals surface area contributed by atoms with E-state index in [9.17, 15) is 4.79 Å². The summed E-state index contributed by atoms with van der Waals surface area (Å²) < 4.78 is 11.9. The third-order valence-electron chi connectivity index (χ3n) is 3.84. The molecule has 2 heterocycles. The molecule has 1 saturated heterocycles. The van der Waals surface area contributed by atoms with Crippen LogP contribution in [-0.4, -0.2) is 35.7 Å². The van der Waals surface area contributed by atoms with Gasteiger partial charge < -0.3 is 14.2 Å². The Labute approximate surface area is 137 Å². The van der Waals surface area contributed by atoms with Gasteiger partial charge in [-0.3, -0.25) is 4.79 Å². The molecule has 1 unspecified atom stereocenters. The van der Waals surface area contributed by atoms with Crippen molar-refractivity contribution in [2.75, 3.05) is 19.7 Å². The molecule has 1 aromatic heterocycles. The van der Waals surface area contributed by atoms with Crippen LogP contribution in [0.15, 0.2) is 33.3 Å². The Hall–Kier alpha value is -1.66. The first-order chi connectivity index (χ1) is 10.6. The molecular formula is C16H17BrN2O3. The van der Waals surface area contributed by atoms with E-state index >= 15 is 0 Å². The molecule has 3 rings (SSSR count). The van der Waals surface area contributed by atoms with E-state index in [1.165, 1.54) is 0 Å². The summed E-state index contributed by atoms with van der Waals surface area (Å²) >= 11 is 3.42. The van der Waals surface area contributed by atoms with Crippen molar-refractivity contribution in [3.05, 3.63) is 51.3 Å². The van der Waals surface area contributed by atoms with Crippen molar-refractivity contribution >= 4 is 21.8 Å². The SMILES string of the molecule is Cc1noc(C)c1C(=O)N1CCOC(c2ccc(Br)cc2)C1. The number of aryl methyl sites for hydroxylation is 2. The zero-order valence-electron chi connectivity index (χ0n) is 12.5. The molecule has 0 N–H and O–H groups in total. The van der Waals surface area contributed by atoms with Crippen LogP contribution in [0.5, 0.6) is 0 Å². The summed E-state index contributed by atoms with van der Waals surface area (Å²) in [7, 11) is 0. The number of morpholine rings is 1. The van der Waals surface area contributed by atoms with Crippen LogP contribution < -0.4 is 0 Å². The number of amides is 1. The van der Waals surface area contributed by atoms with E-state index < -0.39 is 0 Å². The summed E-state index contributed by atoms with van der Waals surface area (Å²) in [5, 5.41) is 3.86. The highest BCUT2D eigenvalue weighted by Gasteiger charge is 2.29. The van der Waals surface area contributed by atoms with Gasteiger partial charge in [0.15, 0.2) is 0 Å². The lowest BCUT2D eigenvalue weighted by atomic mass is 10.1. The van der Waals surface area contributed by atoms with Crippen molar-refractivity contribution in [2.24, 2.45) is 0 Å². The van der Waals surface area contributed by atoms with Gasteiger partial charge in [-0.15, -0.1) is 0 Å². The van der Waals surface area contributed by atoms with E-state index in [-0.39, 0.29) is 12.0 Å². The third-order valence-corrected chi connectivity index (χ3v) is 4.37. The van der Waals surface area contributed by atoms with Gasteiger partial charge in [-0.25, -0.2) is 0 Å². The predicted molar refractivity (Wildman–Crippen MR) is 84.7 cm³/mol. The number of nitrogens with zero attached hydrogens (tertiary/aromatic N) is 2. The van der Waals surface area contributed by atoms with Crippen molar-refractivity contribution in [3.8, 4) is 0 Å². The molecule has 2 aromatic rings. The Kier molecular flexibility index (Phi) is 4.31. The minimum absolute atomic E-state index is 0.0401. The van der Waals surface area contributed by atoms with Gasteiger partial charge in [0.25, 0.3) is 5.91 Å². The Balaban J connectivity index is 1.78.